The van der Waals surface area contributed by atoms with Crippen molar-refractivity contribution in [1.29, 1.82) is 0 Å². The van der Waals surface area contributed by atoms with E-state index in [9.17, 15) is 0 Å². The van der Waals surface area contributed by atoms with Crippen molar-refractivity contribution in [2.45, 2.75) is 44.8 Å². The van der Waals surface area contributed by atoms with Crippen LogP contribution in [0.25, 0.3) is 0 Å². The number of aliphatic imine (C=N–C) groups is 1. The highest BCUT2D eigenvalue weighted by molar-refractivity contribution is 14.0. The second-order valence-corrected chi connectivity index (χ2v) is 6.77. The van der Waals surface area contributed by atoms with Crippen LogP contribution in [0.4, 0.5) is 5.69 Å². The lowest BCUT2D eigenvalue weighted by atomic mass is 9.98. The fourth-order valence-corrected chi connectivity index (χ4v) is 3.23. The number of hydrogen-bond donors (Lipinski definition) is 2. The summed E-state index contributed by atoms with van der Waals surface area (Å²) >= 11 is 0. The fourth-order valence-electron chi connectivity index (χ4n) is 3.23. The number of pyridine rings is 1. The summed E-state index contributed by atoms with van der Waals surface area (Å²) in [5.41, 5.74) is 7.73. The Bertz CT molecular complexity index is 810. The van der Waals surface area contributed by atoms with Crippen molar-refractivity contribution < 1.29 is 14.2 Å². The molecule has 7 nitrogen and oxygen atoms in total. The maximum atomic E-state index is 6.05. The van der Waals surface area contributed by atoms with Gasteiger partial charge in [-0.1, -0.05) is 6.42 Å². The third kappa shape index (κ3) is 6.95. The van der Waals surface area contributed by atoms with E-state index in [1.165, 1.54) is 19.3 Å². The van der Waals surface area contributed by atoms with Crippen LogP contribution in [0.3, 0.4) is 0 Å². The van der Waals surface area contributed by atoms with Gasteiger partial charge in [-0.25, -0.2) is 9.98 Å². The van der Waals surface area contributed by atoms with Gasteiger partial charge in [-0.3, -0.25) is 0 Å². The first kappa shape index (κ1) is 23.1. The maximum Gasteiger partial charge on any atom is 0.213 e. The highest BCUT2D eigenvalue weighted by Crippen LogP contribution is 2.28. The van der Waals surface area contributed by atoms with Gasteiger partial charge in [0.15, 0.2) is 5.96 Å². The zero-order valence-electron chi connectivity index (χ0n) is 16.9. The zero-order chi connectivity index (χ0) is 19.8. The third-order valence-electron chi connectivity index (χ3n) is 4.74. The van der Waals surface area contributed by atoms with Crippen molar-refractivity contribution in [3.8, 4) is 17.4 Å². The summed E-state index contributed by atoms with van der Waals surface area (Å²) in [6.45, 7) is 0.425. The Morgan fingerprint density at radius 1 is 1.14 bits per heavy atom. The van der Waals surface area contributed by atoms with Gasteiger partial charge in [0.25, 0.3) is 0 Å². The van der Waals surface area contributed by atoms with Gasteiger partial charge in [0.05, 0.1) is 26.5 Å². The van der Waals surface area contributed by atoms with Crippen molar-refractivity contribution in [2.24, 2.45) is 10.7 Å². The molecule has 158 valence electrons. The number of halogens is 1. The number of nitrogens with two attached hydrogens (primary N) is 1. The maximum absolute atomic E-state index is 6.05. The van der Waals surface area contributed by atoms with E-state index in [2.05, 4.69) is 15.3 Å². The van der Waals surface area contributed by atoms with Crippen molar-refractivity contribution in [1.82, 2.24) is 4.98 Å². The van der Waals surface area contributed by atoms with Gasteiger partial charge in [-0.15, -0.1) is 24.0 Å². The Balaban J connectivity index is 0.00000300. The molecule has 0 unspecified atom stereocenters. The molecule has 0 radical (unpaired) electrons. The molecule has 0 saturated heterocycles. The summed E-state index contributed by atoms with van der Waals surface area (Å²) in [5.74, 6) is 2.31. The molecule has 0 spiro atoms. The van der Waals surface area contributed by atoms with Crippen LogP contribution in [0.15, 0.2) is 41.5 Å². The average molecular weight is 512 g/mol. The molecular weight excluding hydrogens is 483 g/mol. The van der Waals surface area contributed by atoms with E-state index in [1.807, 2.05) is 30.3 Å². The Labute approximate surface area is 189 Å². The lowest BCUT2D eigenvalue weighted by Gasteiger charge is -2.22. The molecule has 2 aromatic rings. The largest absolute Gasteiger partial charge is 0.497 e. The number of guanidine groups is 1. The molecule has 0 amide bonds. The average Bonchev–Trinajstić information content (AvgIpc) is 2.73. The Morgan fingerprint density at radius 3 is 2.66 bits per heavy atom. The Hall–Kier alpha value is -2.23. The van der Waals surface area contributed by atoms with E-state index in [-0.39, 0.29) is 36.0 Å². The van der Waals surface area contributed by atoms with E-state index < -0.39 is 0 Å². The molecule has 0 aliphatic heterocycles. The van der Waals surface area contributed by atoms with Crippen LogP contribution in [-0.4, -0.2) is 31.3 Å². The van der Waals surface area contributed by atoms with Gasteiger partial charge in [-0.05, 0) is 49.4 Å². The van der Waals surface area contributed by atoms with Gasteiger partial charge in [-0.2, -0.15) is 0 Å². The molecule has 1 aliphatic carbocycles. The summed E-state index contributed by atoms with van der Waals surface area (Å²) in [4.78, 5) is 8.73. The highest BCUT2D eigenvalue weighted by atomic mass is 127. The van der Waals surface area contributed by atoms with Crippen molar-refractivity contribution in [3.63, 3.8) is 0 Å². The van der Waals surface area contributed by atoms with Crippen molar-refractivity contribution in [2.75, 3.05) is 19.5 Å². The standard InChI is InChI=1S/C21H28N4O3.HI/c1-26-17-8-9-19(27-2)18(13-17)25-21(22)24-14-15-10-11-23-20(12-15)28-16-6-4-3-5-7-16;/h8-13,16H,3-7,14H2,1-2H3,(H3,22,24,25);1H. The molecule has 1 aliphatic rings. The Kier molecular flexibility index (Phi) is 9.30. The quantitative estimate of drug-likeness (QED) is 0.326. The molecular formula is C21H29IN4O3. The van der Waals surface area contributed by atoms with Gasteiger partial charge in [0.1, 0.15) is 17.6 Å². The van der Waals surface area contributed by atoms with E-state index >= 15 is 0 Å². The zero-order valence-corrected chi connectivity index (χ0v) is 19.2. The molecule has 8 heteroatoms. The SMILES string of the molecule is COc1ccc(OC)c(NC(N)=NCc2ccnc(OC3CCCCC3)c2)c1.I. The minimum absolute atomic E-state index is 0. The normalized spacial score (nSPS) is 14.6. The predicted octanol–water partition coefficient (Wildman–Crippen LogP) is 4.36. The van der Waals surface area contributed by atoms with Crippen LogP contribution in [0.5, 0.6) is 17.4 Å². The van der Waals surface area contributed by atoms with Crippen LogP contribution in [0.2, 0.25) is 0 Å². The summed E-state index contributed by atoms with van der Waals surface area (Å²) in [6.07, 6.45) is 7.97. The lowest BCUT2D eigenvalue weighted by Crippen LogP contribution is -2.23. The minimum atomic E-state index is 0. The van der Waals surface area contributed by atoms with E-state index in [0.29, 0.717) is 29.6 Å². The molecule has 1 aromatic heterocycles. The number of anilines is 1. The molecule has 1 saturated carbocycles. The monoisotopic (exact) mass is 512 g/mol. The van der Waals surface area contributed by atoms with Crippen LogP contribution < -0.4 is 25.3 Å². The van der Waals surface area contributed by atoms with Gasteiger partial charge < -0.3 is 25.3 Å². The second kappa shape index (κ2) is 11.7. The highest BCUT2D eigenvalue weighted by Gasteiger charge is 2.15. The lowest BCUT2D eigenvalue weighted by molar-refractivity contribution is 0.148. The first-order valence-electron chi connectivity index (χ1n) is 9.58. The van der Waals surface area contributed by atoms with Crippen molar-refractivity contribution in [3.05, 3.63) is 42.1 Å². The first-order valence-corrected chi connectivity index (χ1v) is 9.58. The van der Waals surface area contributed by atoms with Crippen molar-refractivity contribution >= 4 is 35.6 Å². The molecule has 0 atom stereocenters. The molecule has 29 heavy (non-hydrogen) atoms. The number of ether oxygens (including phenoxy) is 3. The first-order chi connectivity index (χ1) is 13.7. The number of benzene rings is 1. The summed E-state index contributed by atoms with van der Waals surface area (Å²) < 4.78 is 16.6. The Morgan fingerprint density at radius 2 is 1.93 bits per heavy atom. The van der Waals surface area contributed by atoms with E-state index in [1.54, 1.807) is 20.4 Å². The van der Waals surface area contributed by atoms with Gasteiger partial charge in [0, 0.05) is 18.3 Å². The number of aromatic nitrogens is 1. The smallest absolute Gasteiger partial charge is 0.213 e. The van der Waals surface area contributed by atoms with E-state index in [4.69, 9.17) is 19.9 Å². The van der Waals surface area contributed by atoms with Crippen LogP contribution in [0.1, 0.15) is 37.7 Å². The third-order valence-corrected chi connectivity index (χ3v) is 4.74. The molecule has 1 aromatic carbocycles. The topological polar surface area (TPSA) is 91.0 Å². The van der Waals surface area contributed by atoms with Crippen LogP contribution >= 0.6 is 24.0 Å². The fraction of sp³-hybridized carbons (Fsp3) is 0.429. The van der Waals surface area contributed by atoms with Crippen LogP contribution in [0, 0.1) is 0 Å². The van der Waals surface area contributed by atoms with Crippen LogP contribution in [-0.2, 0) is 6.54 Å². The summed E-state index contributed by atoms with van der Waals surface area (Å²) in [6, 6.07) is 9.28. The van der Waals surface area contributed by atoms with Gasteiger partial charge in [0.2, 0.25) is 5.88 Å². The number of hydrogen-bond acceptors (Lipinski definition) is 5. The number of nitrogens with zero attached hydrogens (tertiary/aromatic N) is 2. The molecule has 3 rings (SSSR count). The number of methoxy groups -OCH3 is 2. The second-order valence-electron chi connectivity index (χ2n) is 6.77. The number of rotatable bonds is 7. The van der Waals surface area contributed by atoms with Gasteiger partial charge >= 0.3 is 0 Å². The number of nitrogens with one attached hydrogen (secondary N) is 1. The summed E-state index contributed by atoms with van der Waals surface area (Å²) in [5, 5.41) is 3.06. The predicted molar refractivity (Wildman–Crippen MR) is 126 cm³/mol. The molecule has 3 N–H and O–H groups in total. The molecule has 0 bridgehead atoms. The summed E-state index contributed by atoms with van der Waals surface area (Å²) in [7, 11) is 3.21. The van der Waals surface area contributed by atoms with E-state index in [0.717, 1.165) is 18.4 Å². The minimum Gasteiger partial charge on any atom is -0.497 e. The molecule has 1 fully saturated rings. The molecule has 1 heterocycles.